The minimum Gasteiger partial charge on any atom is -0.444 e. The highest BCUT2D eigenvalue weighted by atomic mass is 32.1. The van der Waals surface area contributed by atoms with Gasteiger partial charge < -0.3 is 21.1 Å². The van der Waals surface area contributed by atoms with Crippen LogP contribution in [0, 0.1) is 0 Å². The Labute approximate surface area is 189 Å². The molecule has 32 heavy (non-hydrogen) atoms. The standard InChI is InChI=1S/C24H21N5O2S/c25-22(30)16-7-4-8-18(13-16)27-20-14-19(11-12-26-20)31-23-21(15-5-2-1-3-6-15)29-24(32-23)28-17-9-10-17/h1-8,11-14,17H,9-10H2,(H2,25,30)(H,26,27)(H,28,29). The van der Waals surface area contributed by atoms with E-state index in [-0.39, 0.29) is 0 Å². The molecule has 1 saturated carbocycles. The van der Waals surface area contributed by atoms with Crippen molar-refractivity contribution < 1.29 is 9.53 Å². The summed E-state index contributed by atoms with van der Waals surface area (Å²) in [7, 11) is 0. The minimum atomic E-state index is -0.479. The third-order valence-corrected chi connectivity index (χ3v) is 5.77. The molecule has 0 radical (unpaired) electrons. The summed E-state index contributed by atoms with van der Waals surface area (Å²) in [5, 5.41) is 8.22. The van der Waals surface area contributed by atoms with E-state index >= 15 is 0 Å². The maximum absolute atomic E-state index is 11.4. The monoisotopic (exact) mass is 443 g/mol. The number of hydrogen-bond donors (Lipinski definition) is 3. The molecule has 7 nitrogen and oxygen atoms in total. The number of primary amides is 1. The molecule has 2 heterocycles. The second kappa shape index (κ2) is 8.68. The van der Waals surface area contributed by atoms with Crippen molar-refractivity contribution in [2.45, 2.75) is 18.9 Å². The highest BCUT2D eigenvalue weighted by Crippen LogP contribution is 2.42. The van der Waals surface area contributed by atoms with Crippen molar-refractivity contribution in [1.82, 2.24) is 9.97 Å². The lowest BCUT2D eigenvalue weighted by atomic mass is 10.2. The number of nitrogens with two attached hydrogens (primary N) is 1. The number of thiazole rings is 1. The number of amides is 1. The Balaban J connectivity index is 1.40. The van der Waals surface area contributed by atoms with Crippen LogP contribution in [-0.2, 0) is 0 Å². The number of hydrogen-bond acceptors (Lipinski definition) is 7. The Hall–Kier alpha value is -3.91. The number of ether oxygens (including phenoxy) is 1. The Morgan fingerprint density at radius 3 is 2.69 bits per heavy atom. The Morgan fingerprint density at radius 1 is 1.06 bits per heavy atom. The van der Waals surface area contributed by atoms with Gasteiger partial charge in [0.05, 0.1) is 0 Å². The number of carbonyl (C=O) groups excluding carboxylic acids is 1. The maximum atomic E-state index is 11.4. The molecule has 0 saturated heterocycles. The van der Waals surface area contributed by atoms with Crippen LogP contribution in [-0.4, -0.2) is 21.9 Å². The Bertz CT molecular complexity index is 1250. The fraction of sp³-hybridized carbons (Fsp3) is 0.125. The molecule has 0 atom stereocenters. The lowest BCUT2D eigenvalue weighted by Gasteiger charge is -2.09. The van der Waals surface area contributed by atoms with Gasteiger partial charge in [-0.15, -0.1) is 0 Å². The minimum absolute atomic E-state index is 0.426. The highest BCUT2D eigenvalue weighted by Gasteiger charge is 2.24. The number of anilines is 3. The van der Waals surface area contributed by atoms with Crippen molar-refractivity contribution in [2.75, 3.05) is 10.6 Å². The van der Waals surface area contributed by atoms with E-state index < -0.39 is 5.91 Å². The zero-order valence-corrected chi connectivity index (χ0v) is 17.9. The van der Waals surface area contributed by atoms with Crippen LogP contribution in [0.2, 0.25) is 0 Å². The second-order valence-electron chi connectivity index (χ2n) is 7.49. The van der Waals surface area contributed by atoms with Gasteiger partial charge in [0.25, 0.3) is 0 Å². The fourth-order valence-corrected chi connectivity index (χ4v) is 4.10. The SMILES string of the molecule is NC(=O)c1cccc(Nc2cc(Oc3sc(NC4CC4)nc3-c3ccccc3)ccn2)c1. The topological polar surface area (TPSA) is 102 Å². The average Bonchev–Trinajstić information content (AvgIpc) is 3.53. The van der Waals surface area contributed by atoms with Gasteiger partial charge in [-0.1, -0.05) is 47.7 Å². The van der Waals surface area contributed by atoms with Crippen LogP contribution in [0.1, 0.15) is 23.2 Å². The van der Waals surface area contributed by atoms with Gasteiger partial charge in [0.2, 0.25) is 11.0 Å². The van der Waals surface area contributed by atoms with Gasteiger partial charge >= 0.3 is 0 Å². The van der Waals surface area contributed by atoms with Gasteiger partial charge in [0.1, 0.15) is 17.3 Å². The van der Waals surface area contributed by atoms with E-state index in [0.717, 1.165) is 16.4 Å². The Morgan fingerprint density at radius 2 is 1.91 bits per heavy atom. The van der Waals surface area contributed by atoms with E-state index in [4.69, 9.17) is 15.5 Å². The van der Waals surface area contributed by atoms with Gasteiger partial charge in [-0.05, 0) is 37.1 Å². The number of nitrogens with zero attached hydrogens (tertiary/aromatic N) is 2. The van der Waals surface area contributed by atoms with Gasteiger partial charge in [-0.3, -0.25) is 4.79 Å². The van der Waals surface area contributed by atoms with Crippen molar-refractivity contribution in [3.8, 4) is 22.1 Å². The fourth-order valence-electron chi connectivity index (χ4n) is 3.17. The first-order valence-corrected chi connectivity index (χ1v) is 11.1. The molecule has 1 aliphatic rings. The van der Waals surface area contributed by atoms with E-state index in [1.54, 1.807) is 36.5 Å². The summed E-state index contributed by atoms with van der Waals surface area (Å²) in [4.78, 5) is 20.6. The van der Waals surface area contributed by atoms with Gasteiger partial charge in [0, 0.05) is 35.1 Å². The van der Waals surface area contributed by atoms with Crippen LogP contribution < -0.4 is 21.1 Å². The average molecular weight is 444 g/mol. The third kappa shape index (κ3) is 4.70. The molecular formula is C24H21N5O2S. The molecule has 0 spiro atoms. The molecular weight excluding hydrogens is 422 g/mol. The summed E-state index contributed by atoms with van der Waals surface area (Å²) in [5.41, 5.74) is 8.31. The van der Waals surface area contributed by atoms with Gasteiger partial charge in [0.15, 0.2) is 5.13 Å². The lowest BCUT2D eigenvalue weighted by molar-refractivity contribution is 0.100. The highest BCUT2D eigenvalue weighted by molar-refractivity contribution is 7.17. The summed E-state index contributed by atoms with van der Waals surface area (Å²) in [5.74, 6) is 0.742. The molecule has 2 aromatic carbocycles. The summed E-state index contributed by atoms with van der Waals surface area (Å²) in [6.07, 6.45) is 4.02. The second-order valence-corrected chi connectivity index (χ2v) is 8.45. The largest absolute Gasteiger partial charge is 0.444 e. The molecule has 160 valence electrons. The molecule has 0 unspecified atom stereocenters. The van der Waals surface area contributed by atoms with E-state index in [0.29, 0.717) is 33.9 Å². The predicted molar refractivity (Wildman–Crippen MR) is 127 cm³/mol. The first kappa shape index (κ1) is 20.0. The molecule has 2 aromatic heterocycles. The van der Waals surface area contributed by atoms with Crippen molar-refractivity contribution >= 4 is 33.9 Å². The first-order valence-electron chi connectivity index (χ1n) is 10.3. The quantitative estimate of drug-likeness (QED) is 0.336. The van der Waals surface area contributed by atoms with Crippen LogP contribution in [0.5, 0.6) is 10.8 Å². The third-order valence-electron chi connectivity index (χ3n) is 4.91. The van der Waals surface area contributed by atoms with E-state index in [9.17, 15) is 4.79 Å². The molecule has 5 rings (SSSR count). The lowest BCUT2D eigenvalue weighted by Crippen LogP contribution is -2.10. The zero-order valence-electron chi connectivity index (χ0n) is 17.1. The molecule has 1 fully saturated rings. The molecule has 1 amide bonds. The summed E-state index contributed by atoms with van der Waals surface area (Å²) < 4.78 is 6.25. The van der Waals surface area contributed by atoms with Crippen LogP contribution >= 0.6 is 11.3 Å². The molecule has 4 N–H and O–H groups in total. The smallest absolute Gasteiger partial charge is 0.248 e. The van der Waals surface area contributed by atoms with Crippen LogP contribution in [0.4, 0.5) is 16.6 Å². The van der Waals surface area contributed by atoms with Gasteiger partial charge in [-0.25, -0.2) is 9.97 Å². The number of aromatic nitrogens is 2. The van der Waals surface area contributed by atoms with Crippen molar-refractivity contribution in [3.63, 3.8) is 0 Å². The van der Waals surface area contributed by atoms with Crippen LogP contribution in [0.25, 0.3) is 11.3 Å². The zero-order chi connectivity index (χ0) is 21.9. The first-order chi connectivity index (χ1) is 15.6. The Kier molecular flexibility index (Phi) is 5.43. The molecule has 1 aliphatic carbocycles. The predicted octanol–water partition coefficient (Wildman–Crippen LogP) is 5.41. The summed E-state index contributed by atoms with van der Waals surface area (Å²) >= 11 is 1.50. The van der Waals surface area contributed by atoms with Crippen LogP contribution in [0.3, 0.4) is 0 Å². The number of pyridine rings is 1. The van der Waals surface area contributed by atoms with Crippen molar-refractivity contribution in [2.24, 2.45) is 5.73 Å². The van der Waals surface area contributed by atoms with Crippen molar-refractivity contribution in [3.05, 3.63) is 78.5 Å². The normalized spacial score (nSPS) is 12.9. The summed E-state index contributed by atoms with van der Waals surface area (Å²) in [6, 6.07) is 21.1. The molecule has 4 aromatic rings. The van der Waals surface area contributed by atoms with E-state index in [1.165, 1.54) is 24.2 Å². The number of carbonyl (C=O) groups is 1. The molecule has 0 aliphatic heterocycles. The molecule has 0 bridgehead atoms. The maximum Gasteiger partial charge on any atom is 0.248 e. The molecule has 8 heteroatoms. The van der Waals surface area contributed by atoms with Crippen molar-refractivity contribution in [1.29, 1.82) is 0 Å². The number of rotatable bonds is 8. The number of benzene rings is 2. The van der Waals surface area contributed by atoms with Crippen LogP contribution in [0.15, 0.2) is 72.9 Å². The van der Waals surface area contributed by atoms with E-state index in [2.05, 4.69) is 15.6 Å². The number of nitrogens with one attached hydrogen (secondary N) is 2. The summed E-state index contributed by atoms with van der Waals surface area (Å²) in [6.45, 7) is 0. The van der Waals surface area contributed by atoms with E-state index in [1.807, 2.05) is 36.4 Å². The van der Waals surface area contributed by atoms with Gasteiger partial charge in [-0.2, -0.15) is 0 Å².